The zero-order valence-corrected chi connectivity index (χ0v) is 7.09. The van der Waals surface area contributed by atoms with Crippen molar-refractivity contribution in [3.8, 4) is 0 Å². The van der Waals surface area contributed by atoms with E-state index in [1.165, 1.54) is 0 Å². The molecule has 0 bridgehead atoms. The summed E-state index contributed by atoms with van der Waals surface area (Å²) in [5.74, 6) is 0. The van der Waals surface area contributed by atoms with Crippen LogP contribution in [0, 0.1) is 0 Å². The second-order valence-corrected chi connectivity index (χ2v) is 2.92. The maximum atomic E-state index is 9.17. The molecule has 9 heteroatoms. The Hall–Kier alpha value is -0.360. The molecule has 14 heavy (non-hydrogen) atoms. The van der Waals surface area contributed by atoms with Crippen LogP contribution in [0.3, 0.4) is 0 Å². The fourth-order valence-electron chi connectivity index (χ4n) is 1.40. The fourth-order valence-corrected chi connectivity index (χ4v) is 1.40. The summed E-state index contributed by atoms with van der Waals surface area (Å²) in [5.41, 5.74) is 0. The molecule has 1 saturated carbocycles. The molecule has 0 spiro atoms. The molecule has 1 unspecified atom stereocenters. The van der Waals surface area contributed by atoms with Crippen molar-refractivity contribution in [1.82, 2.24) is 10.8 Å². The van der Waals surface area contributed by atoms with E-state index >= 15 is 0 Å². The van der Waals surface area contributed by atoms with Crippen LogP contribution in [-0.4, -0.2) is 55.0 Å². The fraction of sp³-hybridized carbons (Fsp3) is 1.00. The standard InChI is InChI=1S/C5H12N2O7/c8-3-1-4(13-6(9)10)5(2-3)14-7(11)12/h3-5,8-12H,1-2H2/t3?,4-,5+. The van der Waals surface area contributed by atoms with Gasteiger partial charge in [-0.25, -0.2) is 9.68 Å². The van der Waals surface area contributed by atoms with Gasteiger partial charge in [0.1, 0.15) is 12.2 Å². The van der Waals surface area contributed by atoms with Gasteiger partial charge in [-0.2, -0.15) is 0 Å². The first-order valence-electron chi connectivity index (χ1n) is 3.86. The van der Waals surface area contributed by atoms with E-state index in [2.05, 4.69) is 9.68 Å². The van der Waals surface area contributed by atoms with Gasteiger partial charge in [0.25, 0.3) is 0 Å². The molecule has 0 saturated heterocycles. The van der Waals surface area contributed by atoms with Crippen LogP contribution in [0.4, 0.5) is 0 Å². The number of rotatable bonds is 4. The minimum absolute atomic E-state index is 0.0934. The molecule has 0 amide bonds. The molecule has 84 valence electrons. The highest BCUT2D eigenvalue weighted by molar-refractivity contribution is 4.84. The normalized spacial score (nSPS) is 33.2. The van der Waals surface area contributed by atoms with Gasteiger partial charge in [-0.15, -0.1) is 0 Å². The Labute approximate surface area is 78.6 Å². The SMILES string of the molecule is OC1C[C@H](ON(O)O)[C@H](ON(O)O)C1. The lowest BCUT2D eigenvalue weighted by Crippen LogP contribution is -2.35. The third-order valence-electron chi connectivity index (χ3n) is 1.88. The lowest BCUT2D eigenvalue weighted by atomic mass is 10.3. The van der Waals surface area contributed by atoms with Crippen molar-refractivity contribution in [3.63, 3.8) is 0 Å². The van der Waals surface area contributed by atoms with Crippen molar-refractivity contribution in [2.24, 2.45) is 0 Å². The molecule has 0 aromatic carbocycles. The van der Waals surface area contributed by atoms with Crippen molar-refractivity contribution in [1.29, 1.82) is 0 Å². The molecule has 1 rings (SSSR count). The molecule has 1 aliphatic carbocycles. The number of aliphatic hydroxyl groups excluding tert-OH is 1. The van der Waals surface area contributed by atoms with E-state index in [1.807, 2.05) is 0 Å². The van der Waals surface area contributed by atoms with Gasteiger partial charge in [-0.3, -0.25) is 20.8 Å². The molecular formula is C5H12N2O7. The zero-order valence-electron chi connectivity index (χ0n) is 7.09. The first-order chi connectivity index (χ1) is 6.49. The van der Waals surface area contributed by atoms with Crippen molar-refractivity contribution < 1.29 is 35.6 Å². The van der Waals surface area contributed by atoms with Crippen LogP contribution in [0.5, 0.6) is 0 Å². The summed E-state index contributed by atoms with van der Waals surface area (Å²) < 4.78 is 0. The Morgan fingerprint density at radius 1 is 0.857 bits per heavy atom. The van der Waals surface area contributed by atoms with E-state index in [-0.39, 0.29) is 12.8 Å². The molecule has 1 fully saturated rings. The Morgan fingerprint density at radius 3 is 1.50 bits per heavy atom. The van der Waals surface area contributed by atoms with Crippen LogP contribution < -0.4 is 0 Å². The Bertz CT molecular complexity index is 159. The third-order valence-corrected chi connectivity index (χ3v) is 1.88. The minimum Gasteiger partial charge on any atom is -0.393 e. The third kappa shape index (κ3) is 3.42. The highest BCUT2D eigenvalue weighted by atomic mass is 17.1. The van der Waals surface area contributed by atoms with Gasteiger partial charge in [-0.1, -0.05) is 0 Å². The number of hydrogen-bond acceptors (Lipinski definition) is 9. The molecule has 0 aromatic heterocycles. The van der Waals surface area contributed by atoms with Crippen molar-refractivity contribution in [2.75, 3.05) is 0 Å². The average molecular weight is 212 g/mol. The van der Waals surface area contributed by atoms with E-state index < -0.39 is 29.1 Å². The topological polar surface area (TPSA) is 126 Å². The smallest absolute Gasteiger partial charge is 0.115 e. The molecule has 0 radical (unpaired) electrons. The predicted octanol–water partition coefficient (Wildman–Crippen LogP) is -1.10. The van der Waals surface area contributed by atoms with E-state index in [0.717, 1.165) is 0 Å². The highest BCUT2D eigenvalue weighted by Gasteiger charge is 2.38. The highest BCUT2D eigenvalue weighted by Crippen LogP contribution is 2.25. The molecule has 3 atom stereocenters. The van der Waals surface area contributed by atoms with Crippen LogP contribution in [0.1, 0.15) is 12.8 Å². The average Bonchev–Trinajstić information content (AvgIpc) is 2.28. The number of nitrogens with zero attached hydrogens (tertiary/aromatic N) is 2. The van der Waals surface area contributed by atoms with Crippen LogP contribution in [0.15, 0.2) is 0 Å². The van der Waals surface area contributed by atoms with E-state index in [0.29, 0.717) is 0 Å². The molecule has 9 nitrogen and oxygen atoms in total. The summed E-state index contributed by atoms with van der Waals surface area (Å²) in [6.45, 7) is 0. The summed E-state index contributed by atoms with van der Waals surface area (Å²) in [6.07, 6.45) is -2.32. The molecular weight excluding hydrogens is 200 g/mol. The molecule has 0 heterocycles. The summed E-state index contributed by atoms with van der Waals surface area (Å²) >= 11 is 0. The maximum absolute atomic E-state index is 9.17. The van der Waals surface area contributed by atoms with Crippen molar-refractivity contribution >= 4 is 0 Å². The largest absolute Gasteiger partial charge is 0.393 e. The van der Waals surface area contributed by atoms with E-state index in [4.69, 9.17) is 20.8 Å². The first-order valence-corrected chi connectivity index (χ1v) is 3.86. The zero-order chi connectivity index (χ0) is 10.7. The Kier molecular flexibility index (Phi) is 4.12. The second kappa shape index (κ2) is 4.93. The van der Waals surface area contributed by atoms with Gasteiger partial charge in [0, 0.05) is 12.8 Å². The summed E-state index contributed by atoms with van der Waals surface area (Å²) in [5, 5.41) is 41.5. The lowest BCUT2D eigenvalue weighted by Gasteiger charge is -2.20. The lowest BCUT2D eigenvalue weighted by molar-refractivity contribution is -0.535. The quantitative estimate of drug-likeness (QED) is 0.369. The Balaban J connectivity index is 2.45. The number of hydrogen-bond donors (Lipinski definition) is 5. The van der Waals surface area contributed by atoms with E-state index in [9.17, 15) is 5.11 Å². The Morgan fingerprint density at radius 2 is 1.21 bits per heavy atom. The van der Waals surface area contributed by atoms with Gasteiger partial charge in [0.05, 0.1) is 16.9 Å². The molecule has 0 aliphatic heterocycles. The minimum atomic E-state index is -0.873. The summed E-state index contributed by atoms with van der Waals surface area (Å²) in [6, 6.07) is 0. The molecule has 1 aliphatic rings. The van der Waals surface area contributed by atoms with Crippen molar-refractivity contribution in [3.05, 3.63) is 0 Å². The predicted molar refractivity (Wildman–Crippen MR) is 35.8 cm³/mol. The summed E-state index contributed by atoms with van der Waals surface area (Å²) in [4.78, 5) is 8.81. The van der Waals surface area contributed by atoms with Gasteiger partial charge < -0.3 is 5.11 Å². The molecule has 0 aromatic rings. The van der Waals surface area contributed by atoms with Crippen molar-refractivity contribution in [2.45, 2.75) is 31.2 Å². The summed E-state index contributed by atoms with van der Waals surface area (Å²) in [7, 11) is 0. The van der Waals surface area contributed by atoms with Crippen LogP contribution in [0.2, 0.25) is 0 Å². The van der Waals surface area contributed by atoms with Gasteiger partial charge in [-0.05, 0) is 0 Å². The van der Waals surface area contributed by atoms with Crippen LogP contribution in [-0.2, 0) is 9.68 Å². The van der Waals surface area contributed by atoms with Gasteiger partial charge in [0.15, 0.2) is 0 Å². The van der Waals surface area contributed by atoms with Gasteiger partial charge in [0.2, 0.25) is 0 Å². The van der Waals surface area contributed by atoms with Crippen LogP contribution >= 0.6 is 0 Å². The van der Waals surface area contributed by atoms with Gasteiger partial charge >= 0.3 is 0 Å². The monoisotopic (exact) mass is 212 g/mol. The maximum Gasteiger partial charge on any atom is 0.115 e. The molecule has 5 N–H and O–H groups in total. The van der Waals surface area contributed by atoms with E-state index in [1.54, 1.807) is 0 Å². The first kappa shape index (κ1) is 11.7. The van der Waals surface area contributed by atoms with Crippen LogP contribution in [0.25, 0.3) is 0 Å². The second-order valence-electron chi connectivity index (χ2n) is 2.92. The number of aliphatic hydroxyl groups is 1.